The number of ether oxygens (including phenoxy) is 1. The van der Waals surface area contributed by atoms with Crippen LogP contribution in [-0.4, -0.2) is 37.7 Å². The summed E-state index contributed by atoms with van der Waals surface area (Å²) in [5.74, 6) is -0.112. The molecule has 0 fully saturated rings. The van der Waals surface area contributed by atoms with Crippen molar-refractivity contribution in [2.75, 3.05) is 32.1 Å². The molecule has 0 aromatic carbocycles. The Morgan fingerprint density at radius 1 is 1.32 bits per heavy atom. The zero-order valence-corrected chi connectivity index (χ0v) is 11.7. The third kappa shape index (κ3) is 6.20. The lowest BCUT2D eigenvalue weighted by Gasteiger charge is -2.07. The largest absolute Gasteiger partial charge is 0.385 e. The Morgan fingerprint density at radius 2 is 2.16 bits per heavy atom. The van der Waals surface area contributed by atoms with Gasteiger partial charge < -0.3 is 15.4 Å². The van der Waals surface area contributed by atoms with Gasteiger partial charge in [-0.05, 0) is 25.0 Å². The van der Waals surface area contributed by atoms with Crippen molar-refractivity contribution in [3.05, 3.63) is 24.0 Å². The molecule has 1 heterocycles. The third-order valence-electron chi connectivity index (χ3n) is 2.67. The number of hydrogen-bond donors (Lipinski definition) is 2. The summed E-state index contributed by atoms with van der Waals surface area (Å²) < 4.78 is 4.97. The van der Waals surface area contributed by atoms with Crippen LogP contribution in [0.15, 0.2) is 18.3 Å². The highest BCUT2D eigenvalue weighted by atomic mass is 16.5. The lowest BCUT2D eigenvalue weighted by Crippen LogP contribution is -2.25. The second-order valence-electron chi connectivity index (χ2n) is 4.31. The van der Waals surface area contributed by atoms with E-state index in [-0.39, 0.29) is 5.91 Å². The van der Waals surface area contributed by atoms with Gasteiger partial charge in [-0.2, -0.15) is 0 Å². The SMILES string of the molecule is CCCCNC(=O)c1ccc(NCCCOC)cn1. The number of amides is 1. The number of unbranched alkanes of at least 4 members (excludes halogenated alkanes) is 1. The van der Waals surface area contributed by atoms with Crippen molar-refractivity contribution < 1.29 is 9.53 Å². The average Bonchev–Trinajstić information content (AvgIpc) is 2.44. The summed E-state index contributed by atoms with van der Waals surface area (Å²) in [7, 11) is 1.69. The molecule has 0 aliphatic rings. The molecule has 1 amide bonds. The highest BCUT2D eigenvalue weighted by Gasteiger charge is 2.05. The summed E-state index contributed by atoms with van der Waals surface area (Å²) in [6, 6.07) is 3.61. The first kappa shape index (κ1) is 15.4. The van der Waals surface area contributed by atoms with Gasteiger partial charge >= 0.3 is 0 Å². The number of pyridine rings is 1. The minimum Gasteiger partial charge on any atom is -0.385 e. The fourth-order valence-corrected chi connectivity index (χ4v) is 1.55. The topological polar surface area (TPSA) is 63.2 Å². The number of aromatic nitrogens is 1. The maximum atomic E-state index is 11.7. The van der Waals surface area contributed by atoms with Crippen molar-refractivity contribution in [3.63, 3.8) is 0 Å². The van der Waals surface area contributed by atoms with Gasteiger partial charge in [0.05, 0.1) is 11.9 Å². The van der Waals surface area contributed by atoms with Crippen LogP contribution in [0.1, 0.15) is 36.7 Å². The molecular formula is C14H23N3O2. The van der Waals surface area contributed by atoms with E-state index in [0.29, 0.717) is 12.2 Å². The first-order valence-electron chi connectivity index (χ1n) is 6.75. The van der Waals surface area contributed by atoms with Gasteiger partial charge in [0.1, 0.15) is 5.69 Å². The second kappa shape index (κ2) is 9.33. The predicted molar refractivity (Wildman–Crippen MR) is 76.5 cm³/mol. The molecule has 0 aliphatic heterocycles. The maximum Gasteiger partial charge on any atom is 0.269 e. The van der Waals surface area contributed by atoms with Crippen LogP contribution in [0.4, 0.5) is 5.69 Å². The fraction of sp³-hybridized carbons (Fsp3) is 0.571. The summed E-state index contributed by atoms with van der Waals surface area (Å²) in [5.41, 5.74) is 1.37. The number of anilines is 1. The first-order valence-corrected chi connectivity index (χ1v) is 6.75. The predicted octanol–water partition coefficient (Wildman–Crippen LogP) is 2.06. The monoisotopic (exact) mass is 265 g/mol. The molecule has 5 nitrogen and oxygen atoms in total. The van der Waals surface area contributed by atoms with Crippen molar-refractivity contribution in [2.24, 2.45) is 0 Å². The molecule has 0 saturated carbocycles. The van der Waals surface area contributed by atoms with Gasteiger partial charge in [-0.15, -0.1) is 0 Å². The normalized spacial score (nSPS) is 10.2. The van der Waals surface area contributed by atoms with Crippen LogP contribution < -0.4 is 10.6 Å². The van der Waals surface area contributed by atoms with E-state index >= 15 is 0 Å². The Morgan fingerprint density at radius 3 is 2.79 bits per heavy atom. The Hall–Kier alpha value is -1.62. The molecule has 0 saturated heterocycles. The van der Waals surface area contributed by atoms with E-state index in [9.17, 15) is 4.79 Å². The average molecular weight is 265 g/mol. The highest BCUT2D eigenvalue weighted by molar-refractivity contribution is 5.92. The fourth-order valence-electron chi connectivity index (χ4n) is 1.55. The van der Waals surface area contributed by atoms with Crippen LogP contribution in [0, 0.1) is 0 Å². The first-order chi connectivity index (χ1) is 9.27. The van der Waals surface area contributed by atoms with E-state index in [0.717, 1.165) is 38.1 Å². The van der Waals surface area contributed by atoms with Crippen LogP contribution in [0.3, 0.4) is 0 Å². The lowest BCUT2D eigenvalue weighted by atomic mass is 10.3. The molecule has 1 aromatic rings. The van der Waals surface area contributed by atoms with Crippen molar-refractivity contribution in [1.82, 2.24) is 10.3 Å². The number of rotatable bonds is 9. The Bertz CT molecular complexity index is 365. The molecule has 0 unspecified atom stereocenters. The van der Waals surface area contributed by atoms with Gasteiger partial charge in [0.15, 0.2) is 0 Å². The molecule has 0 aliphatic carbocycles. The summed E-state index contributed by atoms with van der Waals surface area (Å²) in [5, 5.41) is 6.06. The summed E-state index contributed by atoms with van der Waals surface area (Å²) in [6.07, 6.45) is 4.68. The number of carbonyl (C=O) groups is 1. The molecular weight excluding hydrogens is 242 g/mol. The molecule has 1 aromatic heterocycles. The van der Waals surface area contributed by atoms with E-state index < -0.39 is 0 Å². The van der Waals surface area contributed by atoms with Crippen molar-refractivity contribution >= 4 is 11.6 Å². The van der Waals surface area contributed by atoms with Gasteiger partial charge in [-0.25, -0.2) is 4.98 Å². The minimum absolute atomic E-state index is 0.112. The molecule has 0 bridgehead atoms. The molecule has 0 spiro atoms. The Kier molecular flexibility index (Phi) is 7.58. The molecule has 2 N–H and O–H groups in total. The second-order valence-corrected chi connectivity index (χ2v) is 4.31. The van der Waals surface area contributed by atoms with Crippen molar-refractivity contribution in [3.8, 4) is 0 Å². The van der Waals surface area contributed by atoms with E-state index in [1.54, 1.807) is 19.4 Å². The minimum atomic E-state index is -0.112. The van der Waals surface area contributed by atoms with Crippen LogP contribution in [0.25, 0.3) is 0 Å². The van der Waals surface area contributed by atoms with Crippen LogP contribution >= 0.6 is 0 Å². The Balaban J connectivity index is 2.36. The standard InChI is InChI=1S/C14H23N3O2/c1-3-4-8-16-14(18)13-7-6-12(11-17-13)15-9-5-10-19-2/h6-7,11,15H,3-5,8-10H2,1-2H3,(H,16,18). The van der Waals surface area contributed by atoms with E-state index in [1.165, 1.54) is 0 Å². The van der Waals surface area contributed by atoms with Gasteiger partial charge in [-0.1, -0.05) is 13.3 Å². The van der Waals surface area contributed by atoms with E-state index in [4.69, 9.17) is 4.74 Å². The molecule has 0 atom stereocenters. The van der Waals surface area contributed by atoms with Crippen LogP contribution in [0.2, 0.25) is 0 Å². The van der Waals surface area contributed by atoms with Crippen LogP contribution in [0.5, 0.6) is 0 Å². The lowest BCUT2D eigenvalue weighted by molar-refractivity contribution is 0.0948. The third-order valence-corrected chi connectivity index (χ3v) is 2.67. The van der Waals surface area contributed by atoms with Crippen LogP contribution in [-0.2, 0) is 4.74 Å². The molecule has 106 valence electrons. The number of nitrogens with one attached hydrogen (secondary N) is 2. The van der Waals surface area contributed by atoms with Crippen molar-refractivity contribution in [2.45, 2.75) is 26.2 Å². The molecule has 19 heavy (non-hydrogen) atoms. The van der Waals surface area contributed by atoms with Gasteiger partial charge in [0, 0.05) is 26.8 Å². The van der Waals surface area contributed by atoms with Gasteiger partial charge in [0.25, 0.3) is 5.91 Å². The summed E-state index contributed by atoms with van der Waals surface area (Å²) in [6.45, 7) is 4.36. The van der Waals surface area contributed by atoms with Gasteiger partial charge in [-0.3, -0.25) is 4.79 Å². The summed E-state index contributed by atoms with van der Waals surface area (Å²) in [4.78, 5) is 15.9. The zero-order valence-electron chi connectivity index (χ0n) is 11.7. The smallest absolute Gasteiger partial charge is 0.269 e. The number of hydrogen-bond acceptors (Lipinski definition) is 4. The Labute approximate surface area is 114 Å². The van der Waals surface area contributed by atoms with E-state index in [1.807, 2.05) is 6.07 Å². The molecule has 0 radical (unpaired) electrons. The quantitative estimate of drug-likeness (QED) is 0.671. The number of carbonyl (C=O) groups excluding carboxylic acids is 1. The zero-order chi connectivity index (χ0) is 13.9. The highest BCUT2D eigenvalue weighted by Crippen LogP contribution is 2.06. The number of nitrogens with zero attached hydrogens (tertiary/aromatic N) is 1. The molecule has 1 rings (SSSR count). The van der Waals surface area contributed by atoms with Gasteiger partial charge in [0.2, 0.25) is 0 Å². The summed E-state index contributed by atoms with van der Waals surface area (Å²) >= 11 is 0. The number of methoxy groups -OCH3 is 1. The maximum absolute atomic E-state index is 11.7. The van der Waals surface area contributed by atoms with Crippen molar-refractivity contribution in [1.29, 1.82) is 0 Å². The molecule has 5 heteroatoms. The van der Waals surface area contributed by atoms with E-state index in [2.05, 4.69) is 22.5 Å².